The van der Waals surface area contributed by atoms with Crippen LogP contribution in [0.15, 0.2) is 121 Å². The molecule has 0 aliphatic heterocycles. The highest BCUT2D eigenvalue weighted by Gasteiger charge is 2.26. The van der Waals surface area contributed by atoms with Crippen molar-refractivity contribution in [2.45, 2.75) is 139 Å². The number of nitriles is 1. The van der Waals surface area contributed by atoms with Gasteiger partial charge in [0.05, 0.1) is 24.5 Å². The predicted molar refractivity (Wildman–Crippen MR) is 230 cm³/mol. The van der Waals surface area contributed by atoms with Crippen LogP contribution in [0.3, 0.4) is 0 Å². The Morgan fingerprint density at radius 3 is 1.16 bits per heavy atom. The minimum atomic E-state index is -3.31. The number of carbonyl (C=O) groups excluding carboxylic acids is 1. The number of ketones is 1. The zero-order chi connectivity index (χ0) is 40.3. The van der Waals surface area contributed by atoms with Crippen molar-refractivity contribution in [3.8, 4) is 6.07 Å². The van der Waals surface area contributed by atoms with Crippen molar-refractivity contribution in [1.29, 1.82) is 5.26 Å². The van der Waals surface area contributed by atoms with E-state index in [2.05, 4.69) is 115 Å². The summed E-state index contributed by atoms with van der Waals surface area (Å²) >= 11 is 0. The van der Waals surface area contributed by atoms with Crippen LogP contribution in [0.4, 0.5) is 0 Å². The molecule has 0 heterocycles. The molecule has 0 bridgehead atoms. The molecule has 1 N–H and O–H groups in total. The molecule has 6 nitrogen and oxygen atoms in total. The van der Waals surface area contributed by atoms with Crippen molar-refractivity contribution in [3.05, 3.63) is 144 Å². The molecule has 0 spiro atoms. The van der Waals surface area contributed by atoms with Gasteiger partial charge in [0.15, 0.2) is 0 Å². The maximum atomic E-state index is 11.0. The van der Waals surface area contributed by atoms with E-state index in [1.807, 2.05) is 12.1 Å². The van der Waals surface area contributed by atoms with E-state index in [9.17, 15) is 18.3 Å². The molecule has 0 amide bonds. The van der Waals surface area contributed by atoms with Crippen LogP contribution in [0, 0.1) is 17.2 Å². The molecular weight excluding hydrogens is 727 g/mol. The molecule has 4 aromatic rings. The molecule has 0 unspecified atom stereocenters. The fourth-order valence-corrected chi connectivity index (χ4v) is 9.57. The fraction of sp³-hybridized carbons (Fsp3) is 0.480. The summed E-state index contributed by atoms with van der Waals surface area (Å²) in [4.78, 5) is 11.0. The van der Waals surface area contributed by atoms with E-state index in [0.29, 0.717) is 35.4 Å². The molecule has 304 valence electrons. The van der Waals surface area contributed by atoms with E-state index in [1.165, 1.54) is 35.1 Å². The van der Waals surface area contributed by atoms with Crippen LogP contribution in [0.25, 0.3) is 0 Å². The molecule has 0 saturated heterocycles. The van der Waals surface area contributed by atoms with Gasteiger partial charge < -0.3 is 5.11 Å². The second-order valence-corrected chi connectivity index (χ2v) is 18.0. The Morgan fingerprint density at radius 2 is 0.825 bits per heavy atom. The minimum absolute atomic E-state index is 0.0417. The van der Waals surface area contributed by atoms with Crippen LogP contribution in [-0.2, 0) is 19.1 Å². The highest BCUT2D eigenvalue weighted by atomic mass is 32.2. The Labute approximate surface area is 342 Å². The number of aliphatic hydroxyl groups excluding tert-OH is 1. The molecule has 4 aliphatic rings. The lowest BCUT2D eigenvalue weighted by Gasteiger charge is -2.27. The van der Waals surface area contributed by atoms with Crippen LogP contribution >= 0.6 is 0 Å². The molecule has 0 aromatic heterocycles. The van der Waals surface area contributed by atoms with E-state index in [0.717, 1.165) is 96.1 Å². The first-order chi connectivity index (χ1) is 27.7. The predicted octanol–water partition coefficient (Wildman–Crippen LogP) is 11.8. The van der Waals surface area contributed by atoms with Gasteiger partial charge in [0.25, 0.3) is 10.1 Å². The molecule has 4 fully saturated rings. The summed E-state index contributed by atoms with van der Waals surface area (Å²) in [6.07, 6.45) is 17.0. The maximum Gasteiger partial charge on any atom is 0.264 e. The van der Waals surface area contributed by atoms with Gasteiger partial charge in [-0.05, 0) is 136 Å². The smallest absolute Gasteiger partial charge is 0.264 e. The maximum absolute atomic E-state index is 11.0. The summed E-state index contributed by atoms with van der Waals surface area (Å²) in [6.45, 7) is 0. The number of hydrogen-bond donors (Lipinski definition) is 1. The van der Waals surface area contributed by atoms with Crippen LogP contribution in [0.1, 0.15) is 149 Å². The van der Waals surface area contributed by atoms with Crippen LogP contribution < -0.4 is 0 Å². The van der Waals surface area contributed by atoms with Crippen LogP contribution in [-0.4, -0.2) is 37.8 Å². The first-order valence-corrected chi connectivity index (χ1v) is 23.2. The molecule has 4 aromatic carbocycles. The second-order valence-electron chi connectivity index (χ2n) is 16.4. The quantitative estimate of drug-likeness (QED) is 0.195. The topological polar surface area (TPSA) is 104 Å². The summed E-state index contributed by atoms with van der Waals surface area (Å²) < 4.78 is 27.1. The van der Waals surface area contributed by atoms with Crippen LogP contribution in [0.2, 0.25) is 0 Å². The lowest BCUT2D eigenvalue weighted by atomic mass is 9.79. The highest BCUT2D eigenvalue weighted by Crippen LogP contribution is 2.36. The number of nitrogens with zero attached hydrogens (tertiary/aromatic N) is 1. The van der Waals surface area contributed by atoms with Gasteiger partial charge in [-0.15, -0.1) is 0 Å². The Balaban J connectivity index is 0.000000146. The lowest BCUT2D eigenvalue weighted by molar-refractivity contribution is -0.120. The van der Waals surface area contributed by atoms with Crippen molar-refractivity contribution in [2.24, 2.45) is 5.92 Å². The molecule has 0 atom stereocenters. The Morgan fingerprint density at radius 1 is 0.509 bits per heavy atom. The minimum Gasteiger partial charge on any atom is -0.393 e. The summed E-state index contributed by atoms with van der Waals surface area (Å²) in [5.41, 5.74) is 5.64. The number of aliphatic hydroxyl groups is 1. The summed E-state index contributed by atoms with van der Waals surface area (Å²) in [5.74, 6) is 3.31. The number of hydrogen-bond acceptors (Lipinski definition) is 6. The third-order valence-corrected chi connectivity index (χ3v) is 12.8. The Kier molecular flexibility index (Phi) is 18.0. The molecule has 57 heavy (non-hydrogen) atoms. The molecule has 8 rings (SSSR count). The van der Waals surface area contributed by atoms with Gasteiger partial charge >= 0.3 is 0 Å². The van der Waals surface area contributed by atoms with E-state index in [4.69, 9.17) is 9.44 Å². The van der Waals surface area contributed by atoms with E-state index < -0.39 is 10.1 Å². The number of carbonyl (C=O) groups is 1. The van der Waals surface area contributed by atoms with Gasteiger partial charge in [-0.1, -0.05) is 121 Å². The van der Waals surface area contributed by atoms with E-state index >= 15 is 0 Å². The molecule has 4 saturated carbocycles. The standard InChI is InChI=1S/C13H15N.C13H18O3S.C12H16O.C12H14O/c14-10-11-6-8-13(9-7-11)12-4-2-1-3-5-12;1-17(14,15)16-13-9-7-12(8-10-13)11-5-3-2-4-6-11;2*13-12-8-6-11(7-9-12)10-4-2-1-3-5-10/h1-5,11,13H,6-9H2;2-6,12-13H,7-10H2,1H3;1-5,11-13H,6-9H2;1-5,11H,6-9H2. The molecule has 0 radical (unpaired) electrons. The van der Waals surface area contributed by atoms with Gasteiger partial charge in [-0.3, -0.25) is 8.98 Å². The van der Waals surface area contributed by atoms with E-state index in [1.54, 1.807) is 0 Å². The summed E-state index contributed by atoms with van der Waals surface area (Å²) in [5, 5.41) is 18.2. The molecule has 4 aliphatic carbocycles. The number of rotatable bonds is 6. The van der Waals surface area contributed by atoms with Crippen LogP contribution in [0.5, 0.6) is 0 Å². The fourth-order valence-electron chi connectivity index (χ4n) is 8.88. The first-order valence-electron chi connectivity index (χ1n) is 21.3. The largest absolute Gasteiger partial charge is 0.393 e. The third kappa shape index (κ3) is 15.6. The molecule has 7 heteroatoms. The van der Waals surface area contributed by atoms with Gasteiger partial charge in [-0.2, -0.15) is 13.7 Å². The Hall–Kier alpha value is -4.09. The van der Waals surface area contributed by atoms with Crippen molar-refractivity contribution in [2.75, 3.05) is 6.26 Å². The normalized spacial score (nSPS) is 25.1. The molecular formula is C50H63NO5S. The highest BCUT2D eigenvalue weighted by molar-refractivity contribution is 7.86. The number of Topliss-reactive ketones (excluding diaryl/α,β-unsaturated/α-hetero) is 1. The average Bonchev–Trinajstić information content (AvgIpc) is 3.26. The second kappa shape index (κ2) is 23.3. The summed E-state index contributed by atoms with van der Waals surface area (Å²) in [7, 11) is -3.31. The monoisotopic (exact) mass is 789 g/mol. The average molecular weight is 790 g/mol. The van der Waals surface area contributed by atoms with Gasteiger partial charge in [-0.25, -0.2) is 0 Å². The third-order valence-electron chi connectivity index (χ3n) is 12.2. The Bertz CT molecular complexity index is 1850. The SMILES string of the molecule is CS(=O)(=O)OC1CCC(c2ccccc2)CC1.N#CC1CCC(c2ccccc2)CC1.O=C1CCC(c2ccccc2)CC1.OC1CCC(c2ccccc2)CC1. The van der Waals surface area contributed by atoms with E-state index in [-0.39, 0.29) is 12.2 Å². The summed E-state index contributed by atoms with van der Waals surface area (Å²) in [6, 6.07) is 44.6. The van der Waals surface area contributed by atoms with Crippen molar-refractivity contribution in [3.63, 3.8) is 0 Å². The zero-order valence-electron chi connectivity index (χ0n) is 33.8. The van der Waals surface area contributed by atoms with Crippen molar-refractivity contribution in [1.82, 2.24) is 0 Å². The zero-order valence-corrected chi connectivity index (χ0v) is 34.7. The van der Waals surface area contributed by atoms with Crippen molar-refractivity contribution >= 4 is 15.9 Å². The van der Waals surface area contributed by atoms with Gasteiger partial charge in [0, 0.05) is 18.8 Å². The van der Waals surface area contributed by atoms with Gasteiger partial charge in [0.2, 0.25) is 0 Å². The van der Waals surface area contributed by atoms with Gasteiger partial charge in [0.1, 0.15) is 5.78 Å². The van der Waals surface area contributed by atoms with Crippen molar-refractivity contribution < 1.29 is 22.5 Å². The lowest BCUT2D eigenvalue weighted by Crippen LogP contribution is -2.23. The number of benzene rings is 4. The first kappa shape index (κ1) is 44.0.